The van der Waals surface area contributed by atoms with Crippen molar-refractivity contribution >= 4 is 22.5 Å². The number of likely N-dealkylation sites (N-methyl/N-ethyl adjacent to an activating group) is 1. The highest BCUT2D eigenvalue weighted by molar-refractivity contribution is 6.31. The molecule has 126 valence electrons. The third-order valence-corrected chi connectivity index (χ3v) is 4.45. The number of fused-ring (bicyclic) bond motifs is 1. The van der Waals surface area contributed by atoms with Crippen molar-refractivity contribution in [3.8, 4) is 5.75 Å². The summed E-state index contributed by atoms with van der Waals surface area (Å²) >= 11 is 6.18. The summed E-state index contributed by atoms with van der Waals surface area (Å²) in [5.41, 5.74) is 2.84. The molecule has 0 saturated heterocycles. The van der Waals surface area contributed by atoms with Crippen LogP contribution in [0.5, 0.6) is 5.75 Å². The summed E-state index contributed by atoms with van der Waals surface area (Å²) in [7, 11) is 3.84. The van der Waals surface area contributed by atoms with Crippen LogP contribution in [0, 0.1) is 5.82 Å². The molecule has 0 radical (unpaired) electrons. The van der Waals surface area contributed by atoms with Gasteiger partial charge in [-0.3, -0.25) is 0 Å². The van der Waals surface area contributed by atoms with Crippen molar-refractivity contribution in [3.05, 3.63) is 64.6 Å². The van der Waals surface area contributed by atoms with E-state index in [1.807, 2.05) is 49.1 Å². The van der Waals surface area contributed by atoms with Crippen molar-refractivity contribution in [1.29, 1.82) is 0 Å². The SMILES string of the molecule is CNCCc1cn(C)c2cc(F)cc(OCc3ccccc3Cl)c12. The zero-order valence-electron chi connectivity index (χ0n) is 13.8. The van der Waals surface area contributed by atoms with Gasteiger partial charge in [-0.05, 0) is 37.7 Å². The number of aromatic nitrogens is 1. The smallest absolute Gasteiger partial charge is 0.132 e. The lowest BCUT2D eigenvalue weighted by Gasteiger charge is -2.11. The number of aryl methyl sites for hydroxylation is 1. The quantitative estimate of drug-likeness (QED) is 0.719. The molecule has 3 nitrogen and oxygen atoms in total. The van der Waals surface area contributed by atoms with Crippen LogP contribution in [0.4, 0.5) is 4.39 Å². The van der Waals surface area contributed by atoms with Crippen molar-refractivity contribution in [2.75, 3.05) is 13.6 Å². The Morgan fingerprint density at radius 2 is 2.00 bits per heavy atom. The lowest BCUT2D eigenvalue weighted by atomic mass is 10.1. The van der Waals surface area contributed by atoms with Gasteiger partial charge >= 0.3 is 0 Å². The molecule has 0 amide bonds. The fourth-order valence-electron chi connectivity index (χ4n) is 2.87. The molecule has 0 saturated carbocycles. The van der Waals surface area contributed by atoms with E-state index in [1.165, 1.54) is 6.07 Å². The molecule has 0 unspecified atom stereocenters. The maximum absolute atomic E-state index is 14.0. The molecule has 0 bridgehead atoms. The highest BCUT2D eigenvalue weighted by atomic mass is 35.5. The minimum Gasteiger partial charge on any atom is -0.488 e. The Kier molecular flexibility index (Phi) is 5.07. The molecule has 0 fully saturated rings. The van der Waals surface area contributed by atoms with Gasteiger partial charge in [0.25, 0.3) is 0 Å². The van der Waals surface area contributed by atoms with Crippen molar-refractivity contribution < 1.29 is 9.13 Å². The van der Waals surface area contributed by atoms with Gasteiger partial charge in [-0.2, -0.15) is 0 Å². The van der Waals surface area contributed by atoms with Gasteiger partial charge in [-0.15, -0.1) is 0 Å². The van der Waals surface area contributed by atoms with E-state index >= 15 is 0 Å². The first-order valence-corrected chi connectivity index (χ1v) is 8.26. The van der Waals surface area contributed by atoms with Crippen molar-refractivity contribution in [2.24, 2.45) is 7.05 Å². The minimum absolute atomic E-state index is 0.304. The topological polar surface area (TPSA) is 26.2 Å². The maximum atomic E-state index is 14.0. The van der Waals surface area contributed by atoms with Crippen LogP contribution < -0.4 is 10.1 Å². The fourth-order valence-corrected chi connectivity index (χ4v) is 3.06. The molecule has 1 heterocycles. The Labute approximate surface area is 146 Å². The Morgan fingerprint density at radius 3 is 2.75 bits per heavy atom. The molecule has 1 aromatic heterocycles. The second kappa shape index (κ2) is 7.24. The third-order valence-electron chi connectivity index (χ3n) is 4.08. The normalized spacial score (nSPS) is 11.2. The van der Waals surface area contributed by atoms with Gasteiger partial charge in [-0.25, -0.2) is 4.39 Å². The van der Waals surface area contributed by atoms with Crippen molar-refractivity contribution in [2.45, 2.75) is 13.0 Å². The minimum atomic E-state index is -0.307. The molecule has 5 heteroatoms. The molecule has 0 atom stereocenters. The summed E-state index contributed by atoms with van der Waals surface area (Å²) in [6.07, 6.45) is 2.88. The Morgan fingerprint density at radius 1 is 1.21 bits per heavy atom. The van der Waals surface area contributed by atoms with Crippen LogP contribution in [0.25, 0.3) is 10.9 Å². The Bertz CT molecular complexity index is 860. The van der Waals surface area contributed by atoms with E-state index in [4.69, 9.17) is 16.3 Å². The predicted octanol–water partition coefficient (Wildman–Crippen LogP) is 4.31. The zero-order valence-corrected chi connectivity index (χ0v) is 14.5. The van der Waals surface area contributed by atoms with Gasteiger partial charge < -0.3 is 14.6 Å². The third kappa shape index (κ3) is 3.40. The summed E-state index contributed by atoms with van der Waals surface area (Å²) in [5, 5.41) is 4.75. The van der Waals surface area contributed by atoms with Gasteiger partial charge in [0.15, 0.2) is 0 Å². The average molecular weight is 347 g/mol. The van der Waals surface area contributed by atoms with Gasteiger partial charge in [0.05, 0.1) is 5.52 Å². The number of nitrogens with zero attached hydrogens (tertiary/aromatic N) is 1. The predicted molar refractivity (Wildman–Crippen MR) is 96.3 cm³/mol. The summed E-state index contributed by atoms with van der Waals surface area (Å²) in [6, 6.07) is 10.5. The van der Waals surface area contributed by atoms with E-state index in [1.54, 1.807) is 6.07 Å². The molecule has 0 aliphatic carbocycles. The van der Waals surface area contributed by atoms with Gasteiger partial charge in [0, 0.05) is 35.3 Å². The van der Waals surface area contributed by atoms with Crippen LogP contribution in [0.3, 0.4) is 0 Å². The zero-order chi connectivity index (χ0) is 17.1. The van der Waals surface area contributed by atoms with Crippen LogP contribution in [0.1, 0.15) is 11.1 Å². The molecule has 2 aromatic carbocycles. The molecule has 1 N–H and O–H groups in total. The van der Waals surface area contributed by atoms with Crippen LogP contribution >= 0.6 is 11.6 Å². The van der Waals surface area contributed by atoms with E-state index in [0.717, 1.165) is 35.0 Å². The van der Waals surface area contributed by atoms with E-state index in [9.17, 15) is 4.39 Å². The van der Waals surface area contributed by atoms with Crippen LogP contribution in [-0.4, -0.2) is 18.2 Å². The summed E-state index contributed by atoms with van der Waals surface area (Å²) in [4.78, 5) is 0. The number of hydrogen-bond acceptors (Lipinski definition) is 2. The van der Waals surface area contributed by atoms with Crippen LogP contribution in [-0.2, 0) is 20.1 Å². The number of ether oxygens (including phenoxy) is 1. The summed E-state index contributed by atoms with van der Waals surface area (Å²) in [5.74, 6) is 0.245. The van der Waals surface area contributed by atoms with E-state index in [-0.39, 0.29) is 5.82 Å². The first-order chi connectivity index (χ1) is 11.6. The average Bonchev–Trinajstić information content (AvgIpc) is 2.88. The van der Waals surface area contributed by atoms with Crippen molar-refractivity contribution in [3.63, 3.8) is 0 Å². The van der Waals surface area contributed by atoms with Gasteiger partial charge in [0.1, 0.15) is 18.2 Å². The van der Waals surface area contributed by atoms with E-state index in [2.05, 4.69) is 5.32 Å². The fraction of sp³-hybridized carbons (Fsp3) is 0.263. The maximum Gasteiger partial charge on any atom is 0.132 e. The van der Waals surface area contributed by atoms with Gasteiger partial charge in [-0.1, -0.05) is 29.8 Å². The molecule has 0 spiro atoms. The molecular formula is C19H20ClFN2O. The lowest BCUT2D eigenvalue weighted by molar-refractivity contribution is 0.308. The molecule has 24 heavy (non-hydrogen) atoms. The van der Waals surface area contributed by atoms with Crippen LogP contribution in [0.15, 0.2) is 42.6 Å². The standard InChI is InChI=1S/C19H20ClFN2O/c1-22-8-7-13-11-23(2)17-9-15(21)10-18(19(13)17)24-12-14-5-3-4-6-16(14)20/h3-6,9-11,22H,7-8,12H2,1-2H3. The number of rotatable bonds is 6. The first kappa shape index (κ1) is 16.8. The molecule has 0 aliphatic rings. The highest BCUT2D eigenvalue weighted by Crippen LogP contribution is 2.33. The second-order valence-corrected chi connectivity index (χ2v) is 6.20. The molecule has 3 aromatic rings. The largest absolute Gasteiger partial charge is 0.488 e. The Balaban J connectivity index is 1.98. The first-order valence-electron chi connectivity index (χ1n) is 7.88. The number of benzene rings is 2. The molecule has 3 rings (SSSR count). The molecule has 0 aliphatic heterocycles. The van der Waals surface area contributed by atoms with Gasteiger partial charge in [0.2, 0.25) is 0 Å². The highest BCUT2D eigenvalue weighted by Gasteiger charge is 2.14. The second-order valence-electron chi connectivity index (χ2n) is 5.80. The monoisotopic (exact) mass is 346 g/mol. The number of nitrogens with one attached hydrogen (secondary N) is 1. The number of hydrogen-bond donors (Lipinski definition) is 1. The lowest BCUT2D eigenvalue weighted by Crippen LogP contribution is -2.10. The summed E-state index contributed by atoms with van der Waals surface area (Å²) < 4.78 is 21.9. The van der Waals surface area contributed by atoms with E-state index < -0.39 is 0 Å². The number of halogens is 2. The van der Waals surface area contributed by atoms with E-state index in [0.29, 0.717) is 17.4 Å². The molecular weight excluding hydrogens is 327 g/mol. The summed E-state index contributed by atoms with van der Waals surface area (Å²) in [6.45, 7) is 1.15. The van der Waals surface area contributed by atoms with Crippen LogP contribution in [0.2, 0.25) is 5.02 Å². The Hall–Kier alpha value is -2.04. The van der Waals surface area contributed by atoms with Crippen molar-refractivity contribution in [1.82, 2.24) is 9.88 Å².